The first-order chi connectivity index (χ1) is 9.04. The van der Waals surface area contributed by atoms with E-state index in [9.17, 15) is 0 Å². The first-order valence-corrected chi connectivity index (χ1v) is 7.15. The monoisotopic (exact) mass is 315 g/mol. The number of rotatable bonds is 3. The van der Waals surface area contributed by atoms with E-state index in [0.29, 0.717) is 26.8 Å². The topological polar surface area (TPSA) is 29.9 Å². The van der Waals surface area contributed by atoms with Crippen molar-refractivity contribution in [3.8, 4) is 0 Å². The number of hydrogen-bond acceptors (Lipinski definition) is 2. The molecule has 0 radical (unpaired) electrons. The Kier molecular flexibility index (Phi) is 3.37. The Hall–Kier alpha value is -0.900. The molecule has 6 heteroatoms. The third kappa shape index (κ3) is 2.69. The molecule has 19 heavy (non-hydrogen) atoms. The van der Waals surface area contributed by atoms with E-state index in [0.717, 1.165) is 11.6 Å². The van der Waals surface area contributed by atoms with Crippen LogP contribution < -0.4 is 5.32 Å². The summed E-state index contributed by atoms with van der Waals surface area (Å²) in [5.74, 6) is 0.792. The largest absolute Gasteiger partial charge is 0.324 e. The maximum atomic E-state index is 6.16. The first kappa shape index (κ1) is 13.1. The molecule has 0 amide bonds. The summed E-state index contributed by atoms with van der Waals surface area (Å²) in [6, 6.07) is 3.89. The minimum Gasteiger partial charge on any atom is -0.324 e. The van der Waals surface area contributed by atoms with Gasteiger partial charge in [0.1, 0.15) is 0 Å². The predicted octanol–water partition coefficient (Wildman–Crippen LogP) is 5.23. The number of nitrogens with one attached hydrogen (secondary N) is 1. The van der Waals surface area contributed by atoms with Crippen molar-refractivity contribution in [3.63, 3.8) is 0 Å². The van der Waals surface area contributed by atoms with Gasteiger partial charge in [-0.2, -0.15) is 0 Å². The number of hydrogen-bond donors (Lipinski definition) is 1. The predicted molar refractivity (Wildman–Crippen MR) is 80.0 cm³/mol. The molecule has 0 unspecified atom stereocenters. The second-order valence-corrected chi connectivity index (χ2v) is 5.94. The molecule has 3 rings (SSSR count). The fourth-order valence-corrected chi connectivity index (χ4v) is 2.57. The van der Waals surface area contributed by atoms with Crippen molar-refractivity contribution in [2.24, 2.45) is 0 Å². The molecule has 0 aliphatic heterocycles. The van der Waals surface area contributed by atoms with Gasteiger partial charge in [0, 0.05) is 12.2 Å². The Bertz CT molecular complexity index is 632. The maximum Gasteiger partial charge on any atom is 0.207 e. The lowest BCUT2D eigenvalue weighted by Gasteiger charge is -2.11. The zero-order chi connectivity index (χ0) is 13.6. The van der Waals surface area contributed by atoms with Crippen LogP contribution in [0.3, 0.4) is 0 Å². The number of imidazole rings is 1. The third-order valence-electron chi connectivity index (χ3n) is 3.05. The number of anilines is 2. The molecule has 1 aromatic carbocycles. The van der Waals surface area contributed by atoms with Gasteiger partial charge >= 0.3 is 0 Å². The molecule has 1 aliphatic carbocycles. The highest BCUT2D eigenvalue weighted by Gasteiger charge is 2.26. The van der Waals surface area contributed by atoms with E-state index in [2.05, 4.69) is 14.9 Å². The molecule has 0 bridgehead atoms. The van der Waals surface area contributed by atoms with Gasteiger partial charge in [-0.05, 0) is 31.9 Å². The van der Waals surface area contributed by atoms with Crippen LogP contribution in [0.15, 0.2) is 18.3 Å². The average Bonchev–Trinajstić information content (AvgIpc) is 3.11. The van der Waals surface area contributed by atoms with Crippen LogP contribution in [0, 0.1) is 6.92 Å². The van der Waals surface area contributed by atoms with Gasteiger partial charge in [0.05, 0.1) is 26.4 Å². The standard InChI is InChI=1S/C13H12Cl3N3/c1-7-6-19(8-2-3-8)13(17-7)18-12-5-10(15)9(14)4-11(12)16/h4-6,8H,2-3H2,1H3,(H,17,18). The molecule has 3 nitrogen and oxygen atoms in total. The molecule has 1 aromatic heterocycles. The van der Waals surface area contributed by atoms with E-state index >= 15 is 0 Å². The quantitative estimate of drug-likeness (QED) is 0.786. The van der Waals surface area contributed by atoms with Crippen molar-refractivity contribution in [2.45, 2.75) is 25.8 Å². The normalized spacial score (nSPS) is 14.7. The fraction of sp³-hybridized carbons (Fsp3) is 0.308. The summed E-state index contributed by atoms with van der Waals surface area (Å²) in [4.78, 5) is 4.48. The molecule has 0 saturated heterocycles. The number of aromatic nitrogens is 2. The molecule has 1 N–H and O–H groups in total. The second-order valence-electron chi connectivity index (χ2n) is 4.72. The van der Waals surface area contributed by atoms with Crippen LogP contribution in [0.4, 0.5) is 11.6 Å². The minimum absolute atomic E-state index is 0.443. The van der Waals surface area contributed by atoms with E-state index in [4.69, 9.17) is 34.8 Å². The molecular weight excluding hydrogens is 305 g/mol. The summed E-state index contributed by atoms with van der Waals surface area (Å²) >= 11 is 18.1. The van der Waals surface area contributed by atoms with Crippen LogP contribution in [0.1, 0.15) is 24.6 Å². The van der Waals surface area contributed by atoms with Crippen LogP contribution in [0.2, 0.25) is 15.1 Å². The van der Waals surface area contributed by atoms with Crippen molar-refractivity contribution in [1.29, 1.82) is 0 Å². The smallest absolute Gasteiger partial charge is 0.207 e. The lowest BCUT2D eigenvalue weighted by Crippen LogP contribution is -2.01. The summed E-state index contributed by atoms with van der Waals surface area (Å²) in [6.45, 7) is 1.97. The SMILES string of the molecule is Cc1cn(C2CC2)c(Nc2cc(Cl)c(Cl)cc2Cl)n1. The van der Waals surface area contributed by atoms with Crippen LogP contribution in [-0.2, 0) is 0 Å². The Balaban J connectivity index is 1.95. The number of aryl methyl sites for hydroxylation is 1. The number of benzene rings is 1. The molecular formula is C13H12Cl3N3. The van der Waals surface area contributed by atoms with Crippen LogP contribution in [0.5, 0.6) is 0 Å². The van der Waals surface area contributed by atoms with Gasteiger partial charge < -0.3 is 9.88 Å². The maximum absolute atomic E-state index is 6.16. The first-order valence-electron chi connectivity index (χ1n) is 6.01. The Morgan fingerprint density at radius 1 is 1.16 bits per heavy atom. The molecule has 0 atom stereocenters. The van der Waals surface area contributed by atoms with E-state index in [1.165, 1.54) is 12.8 Å². The molecule has 1 aliphatic rings. The van der Waals surface area contributed by atoms with Gasteiger partial charge in [0.2, 0.25) is 5.95 Å². The lowest BCUT2D eigenvalue weighted by atomic mass is 10.3. The zero-order valence-corrected chi connectivity index (χ0v) is 12.5. The summed E-state index contributed by atoms with van der Waals surface area (Å²) in [5, 5.41) is 4.66. The summed E-state index contributed by atoms with van der Waals surface area (Å²) in [7, 11) is 0. The van der Waals surface area contributed by atoms with E-state index in [-0.39, 0.29) is 0 Å². The average molecular weight is 317 g/mol. The highest BCUT2D eigenvalue weighted by molar-refractivity contribution is 6.44. The van der Waals surface area contributed by atoms with E-state index in [1.807, 2.05) is 13.1 Å². The van der Waals surface area contributed by atoms with Crippen molar-refractivity contribution >= 4 is 46.4 Å². The zero-order valence-electron chi connectivity index (χ0n) is 10.3. The summed E-state index contributed by atoms with van der Waals surface area (Å²) < 4.78 is 2.15. The number of nitrogens with zero attached hydrogens (tertiary/aromatic N) is 2. The van der Waals surface area contributed by atoms with E-state index in [1.54, 1.807) is 12.1 Å². The molecule has 100 valence electrons. The number of halogens is 3. The molecule has 0 spiro atoms. The molecule has 2 aromatic rings. The Labute approximate surface area is 126 Å². The van der Waals surface area contributed by atoms with Crippen LogP contribution in [0.25, 0.3) is 0 Å². The minimum atomic E-state index is 0.443. The van der Waals surface area contributed by atoms with Crippen LogP contribution in [-0.4, -0.2) is 9.55 Å². The van der Waals surface area contributed by atoms with Gasteiger partial charge in [0.25, 0.3) is 0 Å². The van der Waals surface area contributed by atoms with Crippen molar-refractivity contribution in [1.82, 2.24) is 9.55 Å². The molecule has 1 heterocycles. The van der Waals surface area contributed by atoms with Gasteiger partial charge in [-0.3, -0.25) is 0 Å². The second kappa shape index (κ2) is 4.89. The summed E-state index contributed by atoms with van der Waals surface area (Å²) in [5.41, 5.74) is 1.69. The fourth-order valence-electron chi connectivity index (χ4n) is 1.98. The third-order valence-corrected chi connectivity index (χ3v) is 4.08. The van der Waals surface area contributed by atoms with Gasteiger partial charge in [-0.15, -0.1) is 0 Å². The summed E-state index contributed by atoms with van der Waals surface area (Å²) in [6.07, 6.45) is 4.44. The Morgan fingerprint density at radius 2 is 1.84 bits per heavy atom. The van der Waals surface area contributed by atoms with Crippen molar-refractivity contribution in [3.05, 3.63) is 39.1 Å². The van der Waals surface area contributed by atoms with Crippen molar-refractivity contribution < 1.29 is 0 Å². The highest BCUT2D eigenvalue weighted by atomic mass is 35.5. The molecule has 1 fully saturated rings. The van der Waals surface area contributed by atoms with Crippen LogP contribution >= 0.6 is 34.8 Å². The van der Waals surface area contributed by atoms with E-state index < -0.39 is 0 Å². The lowest BCUT2D eigenvalue weighted by molar-refractivity contribution is 0.750. The van der Waals surface area contributed by atoms with Gasteiger partial charge in [0.15, 0.2) is 0 Å². The molecule has 1 saturated carbocycles. The van der Waals surface area contributed by atoms with Gasteiger partial charge in [-0.1, -0.05) is 34.8 Å². The van der Waals surface area contributed by atoms with Crippen molar-refractivity contribution in [2.75, 3.05) is 5.32 Å². The Morgan fingerprint density at radius 3 is 2.53 bits per heavy atom. The highest BCUT2D eigenvalue weighted by Crippen LogP contribution is 2.39. The van der Waals surface area contributed by atoms with Gasteiger partial charge in [-0.25, -0.2) is 4.98 Å².